The summed E-state index contributed by atoms with van der Waals surface area (Å²) in [4.78, 5) is 2.15. The number of hydrogen-bond donors (Lipinski definition) is 1. The molecule has 80 valence electrons. The number of hydrogen-bond acceptors (Lipinski definition) is 2. The summed E-state index contributed by atoms with van der Waals surface area (Å²) in [6.07, 6.45) is 3.32. The minimum Gasteiger partial charge on any atom is -0.434 e. The third kappa shape index (κ3) is 2.34. The van der Waals surface area contributed by atoms with Crippen molar-refractivity contribution in [1.82, 2.24) is 4.90 Å². The first kappa shape index (κ1) is 10.6. The van der Waals surface area contributed by atoms with Gasteiger partial charge < -0.3 is 9.48 Å². The largest absolute Gasteiger partial charge is 0.434 e. The van der Waals surface area contributed by atoms with Crippen molar-refractivity contribution >= 4 is 19.0 Å². The Balaban J connectivity index is 2.09. The molecule has 1 aliphatic rings. The number of rotatable bonds is 3. The Labute approximate surface area is 96.6 Å². The Bertz CT molecular complexity index is 348. The van der Waals surface area contributed by atoms with Crippen LogP contribution in [0.2, 0.25) is 0 Å². The Morgan fingerprint density at radius 3 is 2.87 bits per heavy atom. The van der Waals surface area contributed by atoms with Gasteiger partial charge in [0.2, 0.25) is 0 Å². The molecule has 15 heavy (non-hydrogen) atoms. The van der Waals surface area contributed by atoms with Crippen LogP contribution in [0, 0.1) is 0 Å². The maximum atomic E-state index is 4.24. The fourth-order valence-electron chi connectivity index (χ4n) is 1.93. The van der Waals surface area contributed by atoms with Crippen molar-refractivity contribution in [1.29, 1.82) is 0 Å². The summed E-state index contributed by atoms with van der Waals surface area (Å²) in [5, 5.41) is 0. The lowest BCUT2D eigenvalue weighted by molar-refractivity contribution is -0.512. The van der Waals surface area contributed by atoms with E-state index < -0.39 is 0 Å². The molecule has 0 amide bonds. The van der Waals surface area contributed by atoms with Gasteiger partial charge in [-0.2, -0.15) is 12.6 Å². The molecule has 0 spiro atoms. The van der Waals surface area contributed by atoms with E-state index in [-0.39, 0.29) is 0 Å². The molecule has 0 unspecified atom stereocenters. The van der Waals surface area contributed by atoms with Gasteiger partial charge in [0.15, 0.2) is 0 Å². The molecule has 0 N–H and O–H groups in total. The van der Waals surface area contributed by atoms with E-state index in [1.54, 1.807) is 0 Å². The van der Waals surface area contributed by atoms with Gasteiger partial charge in [0.1, 0.15) is 6.04 Å². The van der Waals surface area contributed by atoms with E-state index in [1.165, 1.54) is 5.56 Å². The van der Waals surface area contributed by atoms with Crippen LogP contribution in [-0.4, -0.2) is 41.7 Å². The van der Waals surface area contributed by atoms with Crippen LogP contribution in [0.5, 0.6) is 0 Å². The van der Waals surface area contributed by atoms with Gasteiger partial charge in [0.25, 0.3) is 0 Å². The van der Waals surface area contributed by atoms with Crippen molar-refractivity contribution < 1.29 is 4.58 Å². The summed E-state index contributed by atoms with van der Waals surface area (Å²) in [5.74, 6) is 0.877. The first-order valence-corrected chi connectivity index (χ1v) is 5.84. The summed E-state index contributed by atoms with van der Waals surface area (Å²) in [5.41, 5.74) is 1.36. The first-order valence-electron chi connectivity index (χ1n) is 5.21. The predicted molar refractivity (Wildman–Crippen MR) is 65.8 cm³/mol. The second kappa shape index (κ2) is 4.71. The topological polar surface area (TPSA) is 6.25 Å². The van der Waals surface area contributed by atoms with Crippen molar-refractivity contribution in [3.05, 3.63) is 35.9 Å². The molecule has 0 aromatic heterocycles. The van der Waals surface area contributed by atoms with Gasteiger partial charge in [0.05, 0.1) is 13.1 Å². The zero-order chi connectivity index (χ0) is 10.7. The monoisotopic (exact) mass is 220 g/mol. The quantitative estimate of drug-likeness (QED) is 0.460. The van der Waals surface area contributed by atoms with Gasteiger partial charge in [0, 0.05) is 12.8 Å². The molecule has 1 aromatic carbocycles. The second-order valence-corrected chi connectivity index (χ2v) is 4.25. The minimum atomic E-state index is 0.436. The molecule has 2 nitrogen and oxygen atoms in total. The van der Waals surface area contributed by atoms with Crippen molar-refractivity contribution in [3.63, 3.8) is 0 Å². The Morgan fingerprint density at radius 2 is 2.20 bits per heavy atom. The Hall–Kier alpha value is -0.960. The van der Waals surface area contributed by atoms with Crippen LogP contribution in [0.25, 0.3) is 0 Å². The highest BCUT2D eigenvalue weighted by molar-refractivity contribution is 7.80. The van der Waals surface area contributed by atoms with Gasteiger partial charge in [-0.3, -0.25) is 0 Å². The maximum absolute atomic E-state index is 4.24. The van der Waals surface area contributed by atoms with Crippen LogP contribution in [0.1, 0.15) is 11.6 Å². The number of likely N-dealkylation sites (N-methyl/N-ethyl adjacent to an activating group) is 1. The van der Waals surface area contributed by atoms with Gasteiger partial charge in [-0.15, -0.1) is 6.34 Å². The summed E-state index contributed by atoms with van der Waals surface area (Å²) < 4.78 is 2.20. The lowest BCUT2D eigenvalue weighted by Gasteiger charge is -2.20. The first-order chi connectivity index (χ1) is 7.31. The van der Waals surface area contributed by atoms with Crippen molar-refractivity contribution in [2.24, 2.45) is 0 Å². The molecular weight excluding hydrogens is 204 g/mol. The molecule has 0 saturated heterocycles. The maximum Gasteiger partial charge on any atom is 0.124 e. The third-order valence-corrected chi connectivity index (χ3v) is 2.91. The molecule has 0 saturated carbocycles. The predicted octanol–water partition coefficient (Wildman–Crippen LogP) is 1.52. The van der Waals surface area contributed by atoms with Crippen LogP contribution in [0.3, 0.4) is 0 Å². The summed E-state index contributed by atoms with van der Waals surface area (Å²) in [6.45, 7) is 1.98. The van der Waals surface area contributed by atoms with E-state index in [0.29, 0.717) is 6.04 Å². The summed E-state index contributed by atoms with van der Waals surface area (Å²) in [6, 6.07) is 11.0. The molecule has 1 aromatic rings. The van der Waals surface area contributed by atoms with E-state index in [0.717, 1.165) is 18.8 Å². The van der Waals surface area contributed by atoms with Crippen molar-refractivity contribution in [3.8, 4) is 0 Å². The van der Waals surface area contributed by atoms with Crippen LogP contribution < -0.4 is 0 Å². The van der Waals surface area contributed by atoms with Gasteiger partial charge >= 0.3 is 0 Å². The van der Waals surface area contributed by atoms with E-state index in [1.807, 2.05) is 0 Å². The highest BCUT2D eigenvalue weighted by atomic mass is 32.1. The van der Waals surface area contributed by atoms with Crippen LogP contribution >= 0.6 is 12.6 Å². The van der Waals surface area contributed by atoms with E-state index in [4.69, 9.17) is 0 Å². The molecular formula is C12H16N2S. The molecule has 0 radical (unpaired) electrons. The molecule has 2 rings (SSSR count). The summed E-state index contributed by atoms with van der Waals surface area (Å²) in [7, 11) is 2.08. The molecule has 0 bridgehead atoms. The van der Waals surface area contributed by atoms with E-state index in [2.05, 4.69) is 65.8 Å². The van der Waals surface area contributed by atoms with Crippen molar-refractivity contribution in [2.45, 2.75) is 6.04 Å². The SMILES string of the molecule is CN1[C-]=[N+](CCS)C[C@@H]1c1ccccc1. The molecule has 1 heterocycles. The lowest BCUT2D eigenvalue weighted by atomic mass is 10.1. The van der Waals surface area contributed by atoms with Gasteiger partial charge in [-0.1, -0.05) is 30.3 Å². The van der Waals surface area contributed by atoms with Crippen LogP contribution in [-0.2, 0) is 0 Å². The highest BCUT2D eigenvalue weighted by Gasteiger charge is 2.20. The van der Waals surface area contributed by atoms with Crippen LogP contribution in [0.15, 0.2) is 30.3 Å². The highest BCUT2D eigenvalue weighted by Crippen LogP contribution is 2.21. The zero-order valence-electron chi connectivity index (χ0n) is 8.93. The fraction of sp³-hybridized carbons (Fsp3) is 0.417. The molecule has 0 aliphatic carbocycles. The molecule has 1 atom stereocenters. The third-order valence-electron chi connectivity index (χ3n) is 2.71. The lowest BCUT2D eigenvalue weighted by Crippen LogP contribution is -2.19. The van der Waals surface area contributed by atoms with Gasteiger partial charge in [-0.05, 0) is 5.56 Å². The Morgan fingerprint density at radius 1 is 1.47 bits per heavy atom. The van der Waals surface area contributed by atoms with E-state index in [9.17, 15) is 0 Å². The van der Waals surface area contributed by atoms with Gasteiger partial charge in [-0.25, -0.2) is 0 Å². The minimum absolute atomic E-state index is 0.436. The van der Waals surface area contributed by atoms with Crippen molar-refractivity contribution in [2.75, 3.05) is 25.9 Å². The number of thiol groups is 1. The number of nitrogens with zero attached hydrogens (tertiary/aromatic N) is 2. The zero-order valence-corrected chi connectivity index (χ0v) is 9.82. The second-order valence-electron chi connectivity index (χ2n) is 3.81. The molecule has 1 aliphatic heterocycles. The average molecular weight is 220 g/mol. The van der Waals surface area contributed by atoms with E-state index >= 15 is 0 Å². The normalized spacial score (nSPS) is 20.5. The smallest absolute Gasteiger partial charge is 0.124 e. The standard InChI is InChI=1S/C12H16N2S/c1-13-10-14(7-8-15)9-12(13)11-5-3-2-4-6-11/h2-6,12,15H,7-9H2,1H3/t12-/m1/s1. The number of benzene rings is 1. The summed E-state index contributed by atoms with van der Waals surface area (Å²) >= 11 is 4.24. The average Bonchev–Trinajstić information content (AvgIpc) is 2.61. The molecule has 3 heteroatoms. The fourth-order valence-corrected chi connectivity index (χ4v) is 2.17. The molecule has 0 fully saturated rings. The Kier molecular flexibility index (Phi) is 3.31. The van der Waals surface area contributed by atoms with Crippen LogP contribution in [0.4, 0.5) is 0 Å².